The third kappa shape index (κ3) is 4.31. The van der Waals surface area contributed by atoms with Crippen molar-refractivity contribution in [1.29, 1.82) is 0 Å². The molecule has 1 aliphatic heterocycles. The minimum absolute atomic E-state index is 0.000284. The first-order chi connectivity index (χ1) is 12.6. The Kier molecular flexibility index (Phi) is 5.26. The van der Waals surface area contributed by atoms with Crippen LogP contribution in [0.1, 0.15) is 28.7 Å². The van der Waals surface area contributed by atoms with Crippen molar-refractivity contribution in [2.75, 3.05) is 23.3 Å². The van der Waals surface area contributed by atoms with Gasteiger partial charge in [-0.05, 0) is 68.5 Å². The van der Waals surface area contributed by atoms with Gasteiger partial charge >= 0.3 is 0 Å². The summed E-state index contributed by atoms with van der Waals surface area (Å²) in [7, 11) is -3.83. The number of nitrogens with zero attached hydrogens (tertiary/aromatic N) is 1. The van der Waals surface area contributed by atoms with Crippen molar-refractivity contribution >= 4 is 27.3 Å². The summed E-state index contributed by atoms with van der Waals surface area (Å²) in [5.41, 5.74) is 5.63. The second-order valence-corrected chi connectivity index (χ2v) is 8.72. The van der Waals surface area contributed by atoms with Gasteiger partial charge in [0.15, 0.2) is 0 Å². The Balaban J connectivity index is 1.81. The highest BCUT2D eigenvalue weighted by atomic mass is 32.2. The quantitative estimate of drug-likeness (QED) is 0.843. The number of aryl methyl sites for hydroxylation is 3. The normalized spacial score (nSPS) is 14.0. The largest absolute Gasteiger partial charge is 0.362 e. The molecule has 0 unspecified atom stereocenters. The molecule has 3 rings (SSSR count). The minimum Gasteiger partial charge on any atom is -0.362 e. The molecule has 2 aromatic carbocycles. The number of rotatable bonds is 4. The van der Waals surface area contributed by atoms with Gasteiger partial charge in [0.1, 0.15) is 0 Å². The molecule has 0 spiro atoms. The second kappa shape index (κ2) is 7.32. The highest BCUT2D eigenvalue weighted by Crippen LogP contribution is 2.28. The van der Waals surface area contributed by atoms with Gasteiger partial charge in [0.25, 0.3) is 0 Å². The molecule has 0 aromatic heterocycles. The number of carbonyl (C=O) groups is 1. The van der Waals surface area contributed by atoms with E-state index in [1.54, 1.807) is 6.92 Å². The number of nitrogens with two attached hydrogens (primary N) is 1. The van der Waals surface area contributed by atoms with Crippen LogP contribution in [0.2, 0.25) is 0 Å². The van der Waals surface area contributed by atoms with E-state index in [9.17, 15) is 13.2 Å². The molecule has 27 heavy (non-hydrogen) atoms. The topological polar surface area (TPSA) is 92.5 Å². The molecular weight excluding hydrogens is 362 g/mol. The lowest BCUT2D eigenvalue weighted by Gasteiger charge is -2.31. The Hall–Kier alpha value is -2.38. The first-order valence-electron chi connectivity index (χ1n) is 8.93. The van der Waals surface area contributed by atoms with Gasteiger partial charge in [0.05, 0.1) is 11.4 Å². The predicted octanol–water partition coefficient (Wildman–Crippen LogP) is 2.65. The Bertz CT molecular complexity index is 1000. The van der Waals surface area contributed by atoms with Crippen molar-refractivity contribution in [3.63, 3.8) is 0 Å². The van der Waals surface area contributed by atoms with E-state index in [4.69, 9.17) is 5.14 Å². The molecule has 0 saturated carbocycles. The van der Waals surface area contributed by atoms with Gasteiger partial charge in [-0.2, -0.15) is 0 Å². The maximum Gasteiger partial charge on any atom is 0.243 e. The third-order valence-electron chi connectivity index (χ3n) is 5.03. The van der Waals surface area contributed by atoms with E-state index in [0.717, 1.165) is 36.2 Å². The van der Waals surface area contributed by atoms with Crippen LogP contribution in [-0.4, -0.2) is 27.4 Å². The van der Waals surface area contributed by atoms with Crippen LogP contribution in [0.4, 0.5) is 11.4 Å². The molecule has 2 aromatic rings. The van der Waals surface area contributed by atoms with Crippen LogP contribution in [0.15, 0.2) is 35.2 Å². The van der Waals surface area contributed by atoms with E-state index in [1.807, 2.05) is 6.92 Å². The van der Waals surface area contributed by atoms with Crippen molar-refractivity contribution in [2.45, 2.75) is 38.5 Å². The monoisotopic (exact) mass is 387 g/mol. The number of hydrogen-bond donors (Lipinski definition) is 2. The first kappa shape index (κ1) is 19.4. The zero-order chi connectivity index (χ0) is 19.8. The molecule has 0 saturated heterocycles. The fraction of sp³-hybridized carbons (Fsp3) is 0.350. The fourth-order valence-electron chi connectivity index (χ4n) is 3.45. The molecule has 144 valence electrons. The number of carbonyl (C=O) groups excluding carboxylic acids is 1. The number of fused-ring (bicyclic) bond motifs is 1. The first-order valence-corrected chi connectivity index (χ1v) is 10.5. The number of nitrogens with one attached hydrogen (secondary N) is 1. The molecule has 3 N–H and O–H groups in total. The summed E-state index contributed by atoms with van der Waals surface area (Å²) in [6.07, 6.45) is 2.02. The van der Waals surface area contributed by atoms with Crippen molar-refractivity contribution < 1.29 is 13.2 Å². The number of anilines is 2. The van der Waals surface area contributed by atoms with Crippen LogP contribution < -0.4 is 15.4 Å². The van der Waals surface area contributed by atoms with E-state index in [2.05, 4.69) is 35.3 Å². The summed E-state index contributed by atoms with van der Waals surface area (Å²) in [6.45, 7) is 6.74. The molecule has 0 aliphatic carbocycles. The van der Waals surface area contributed by atoms with Gasteiger partial charge in [-0.3, -0.25) is 4.79 Å². The predicted molar refractivity (Wildman–Crippen MR) is 108 cm³/mol. The summed E-state index contributed by atoms with van der Waals surface area (Å²) in [5, 5.41) is 8.09. The molecule has 0 fully saturated rings. The maximum atomic E-state index is 12.6. The Labute approximate surface area is 160 Å². The molecule has 1 aliphatic rings. The zero-order valence-electron chi connectivity index (χ0n) is 15.9. The highest BCUT2D eigenvalue weighted by Gasteiger charge is 2.20. The number of hydrogen-bond acceptors (Lipinski definition) is 4. The third-order valence-corrected chi connectivity index (χ3v) is 5.92. The lowest BCUT2D eigenvalue weighted by atomic mass is 9.99. The number of amides is 1. The smallest absolute Gasteiger partial charge is 0.243 e. The van der Waals surface area contributed by atoms with Crippen molar-refractivity contribution in [3.8, 4) is 0 Å². The van der Waals surface area contributed by atoms with Gasteiger partial charge in [-0.25, -0.2) is 13.6 Å². The Morgan fingerprint density at radius 3 is 2.63 bits per heavy atom. The van der Waals surface area contributed by atoms with Crippen LogP contribution in [0.25, 0.3) is 0 Å². The van der Waals surface area contributed by atoms with Gasteiger partial charge < -0.3 is 10.2 Å². The number of primary sulfonamides is 1. The molecule has 6 nitrogen and oxygen atoms in total. The molecule has 1 heterocycles. The molecule has 7 heteroatoms. The average molecular weight is 388 g/mol. The summed E-state index contributed by atoms with van der Waals surface area (Å²) < 4.78 is 23.3. The van der Waals surface area contributed by atoms with Gasteiger partial charge in [-0.15, -0.1) is 0 Å². The van der Waals surface area contributed by atoms with Crippen LogP contribution in [0.3, 0.4) is 0 Å². The van der Waals surface area contributed by atoms with E-state index in [0.29, 0.717) is 5.69 Å². The Morgan fingerprint density at radius 1 is 1.19 bits per heavy atom. The standard InChI is InChI=1S/C20H25N3O3S/c1-13-6-7-19-16(9-13)5-4-8-23(19)12-20(24)22-18-11-17(27(21,25)26)10-14(2)15(18)3/h6-7,9-11H,4-5,8,12H2,1-3H3,(H,22,24)(H2,21,25,26). The highest BCUT2D eigenvalue weighted by molar-refractivity contribution is 7.89. The molecule has 0 radical (unpaired) electrons. The van der Waals surface area contributed by atoms with Crippen LogP contribution in [0, 0.1) is 20.8 Å². The van der Waals surface area contributed by atoms with E-state index in [1.165, 1.54) is 23.3 Å². The van der Waals surface area contributed by atoms with Crippen LogP contribution in [0.5, 0.6) is 0 Å². The van der Waals surface area contributed by atoms with E-state index in [-0.39, 0.29) is 17.3 Å². The van der Waals surface area contributed by atoms with E-state index < -0.39 is 10.0 Å². The lowest BCUT2D eigenvalue weighted by Crippen LogP contribution is -2.37. The van der Waals surface area contributed by atoms with Crippen molar-refractivity contribution in [1.82, 2.24) is 0 Å². The zero-order valence-corrected chi connectivity index (χ0v) is 16.7. The fourth-order valence-corrected chi connectivity index (χ4v) is 4.07. The average Bonchev–Trinajstić information content (AvgIpc) is 2.57. The van der Waals surface area contributed by atoms with Gasteiger partial charge in [-0.1, -0.05) is 17.7 Å². The Morgan fingerprint density at radius 2 is 1.93 bits per heavy atom. The molecular formula is C20H25N3O3S. The van der Waals surface area contributed by atoms with Crippen molar-refractivity contribution in [2.24, 2.45) is 5.14 Å². The molecule has 0 atom stereocenters. The summed E-state index contributed by atoms with van der Waals surface area (Å²) >= 11 is 0. The molecule has 0 bridgehead atoms. The lowest BCUT2D eigenvalue weighted by molar-refractivity contribution is -0.115. The van der Waals surface area contributed by atoms with Crippen LogP contribution in [-0.2, 0) is 21.2 Å². The van der Waals surface area contributed by atoms with Crippen molar-refractivity contribution in [3.05, 3.63) is 52.6 Å². The summed E-state index contributed by atoms with van der Waals surface area (Å²) in [5.74, 6) is -0.183. The molecule has 1 amide bonds. The van der Waals surface area contributed by atoms with E-state index >= 15 is 0 Å². The summed E-state index contributed by atoms with van der Waals surface area (Å²) in [6, 6.07) is 9.22. The number of sulfonamides is 1. The minimum atomic E-state index is -3.83. The van der Waals surface area contributed by atoms with Gasteiger partial charge in [0.2, 0.25) is 15.9 Å². The second-order valence-electron chi connectivity index (χ2n) is 7.16. The number of benzene rings is 2. The maximum absolute atomic E-state index is 12.6. The van der Waals surface area contributed by atoms with Gasteiger partial charge in [0, 0.05) is 17.9 Å². The summed E-state index contributed by atoms with van der Waals surface area (Å²) in [4.78, 5) is 14.7. The van der Waals surface area contributed by atoms with Crippen LogP contribution >= 0.6 is 0 Å². The SMILES string of the molecule is Cc1ccc2c(c1)CCCN2CC(=O)Nc1cc(S(N)(=O)=O)cc(C)c1C.